The molecule has 0 aliphatic carbocycles. The Balaban J connectivity index is 1.90. The van der Waals surface area contributed by atoms with Crippen LogP contribution in [0.5, 0.6) is 0 Å². The van der Waals surface area contributed by atoms with Crippen molar-refractivity contribution >= 4 is 23.4 Å². The van der Waals surface area contributed by atoms with Crippen molar-refractivity contribution in [3.63, 3.8) is 0 Å². The predicted molar refractivity (Wildman–Crippen MR) is 113 cm³/mol. The number of carbonyl (C=O) groups is 1. The monoisotopic (exact) mass is 449 g/mol. The number of hydrogen-bond donors (Lipinski definition) is 0. The maximum atomic E-state index is 14.4. The first-order chi connectivity index (χ1) is 14.9. The molecule has 0 bridgehead atoms. The Morgan fingerprint density at radius 1 is 1.23 bits per heavy atom. The van der Waals surface area contributed by atoms with E-state index in [0.717, 1.165) is 5.56 Å². The van der Waals surface area contributed by atoms with Gasteiger partial charge in [0.1, 0.15) is 5.82 Å². The van der Waals surface area contributed by atoms with Crippen LogP contribution in [0.25, 0.3) is 0 Å². The molecule has 0 saturated carbocycles. The lowest BCUT2D eigenvalue weighted by atomic mass is 9.86. The van der Waals surface area contributed by atoms with Crippen LogP contribution in [0.4, 0.5) is 10.1 Å². The quantitative estimate of drug-likeness (QED) is 0.329. The SMILES string of the molecule is CCOC(=O)Cc1cc(Sc2cc(F)cc(C3(OC)CCOCC3)c2)ccc1[N+](=O)[O-]. The number of esters is 1. The minimum absolute atomic E-state index is 0.155. The van der Waals surface area contributed by atoms with E-state index in [4.69, 9.17) is 14.2 Å². The van der Waals surface area contributed by atoms with E-state index in [1.54, 1.807) is 26.2 Å². The van der Waals surface area contributed by atoms with Gasteiger partial charge in [0, 0.05) is 54.6 Å². The van der Waals surface area contributed by atoms with Crippen molar-refractivity contribution in [1.82, 2.24) is 0 Å². The third kappa shape index (κ3) is 5.61. The number of nitrogens with zero attached hydrogens (tertiary/aromatic N) is 1. The fourth-order valence-corrected chi connectivity index (χ4v) is 4.61. The van der Waals surface area contributed by atoms with Gasteiger partial charge in [0.05, 0.1) is 23.6 Å². The molecule has 1 heterocycles. The Labute approximate surface area is 184 Å². The smallest absolute Gasteiger partial charge is 0.310 e. The van der Waals surface area contributed by atoms with Crippen LogP contribution in [-0.4, -0.2) is 37.8 Å². The molecule has 3 rings (SSSR count). The fourth-order valence-electron chi connectivity index (χ4n) is 3.65. The molecule has 0 N–H and O–H groups in total. The van der Waals surface area contributed by atoms with Gasteiger partial charge >= 0.3 is 5.97 Å². The van der Waals surface area contributed by atoms with Gasteiger partial charge in [0.25, 0.3) is 5.69 Å². The Kier molecular flexibility index (Phi) is 7.64. The second kappa shape index (κ2) is 10.2. The average Bonchev–Trinajstić information content (AvgIpc) is 2.74. The highest BCUT2D eigenvalue weighted by Crippen LogP contribution is 2.39. The van der Waals surface area contributed by atoms with Crippen molar-refractivity contribution in [2.75, 3.05) is 26.9 Å². The van der Waals surface area contributed by atoms with Crippen molar-refractivity contribution < 1.29 is 28.3 Å². The molecule has 1 saturated heterocycles. The first-order valence-corrected chi connectivity index (χ1v) is 10.7. The third-order valence-corrected chi connectivity index (χ3v) is 6.17. The molecule has 1 aliphatic rings. The highest BCUT2D eigenvalue weighted by Gasteiger charge is 2.35. The summed E-state index contributed by atoms with van der Waals surface area (Å²) in [5.41, 5.74) is 0.218. The molecule has 2 aromatic carbocycles. The molecule has 0 spiro atoms. The van der Waals surface area contributed by atoms with E-state index in [-0.39, 0.29) is 24.3 Å². The highest BCUT2D eigenvalue weighted by molar-refractivity contribution is 7.99. The second-order valence-corrected chi connectivity index (χ2v) is 8.26. The van der Waals surface area contributed by atoms with Crippen molar-refractivity contribution in [3.8, 4) is 0 Å². The predicted octanol–water partition coefficient (Wildman–Crippen LogP) is 4.64. The van der Waals surface area contributed by atoms with Gasteiger partial charge in [-0.3, -0.25) is 14.9 Å². The Morgan fingerprint density at radius 3 is 2.61 bits per heavy atom. The second-order valence-electron chi connectivity index (χ2n) is 7.12. The molecule has 0 unspecified atom stereocenters. The van der Waals surface area contributed by atoms with Gasteiger partial charge in [-0.05, 0) is 42.8 Å². The van der Waals surface area contributed by atoms with Crippen LogP contribution in [0.1, 0.15) is 30.9 Å². The number of nitro benzene ring substituents is 1. The lowest BCUT2D eigenvalue weighted by molar-refractivity contribution is -0.385. The summed E-state index contributed by atoms with van der Waals surface area (Å²) >= 11 is 1.26. The van der Waals surface area contributed by atoms with E-state index >= 15 is 0 Å². The minimum Gasteiger partial charge on any atom is -0.466 e. The summed E-state index contributed by atoms with van der Waals surface area (Å²) in [5.74, 6) is -0.932. The zero-order chi connectivity index (χ0) is 22.4. The molecule has 0 aromatic heterocycles. The van der Waals surface area contributed by atoms with Crippen molar-refractivity contribution in [2.24, 2.45) is 0 Å². The van der Waals surface area contributed by atoms with Crippen molar-refractivity contribution in [1.29, 1.82) is 0 Å². The van der Waals surface area contributed by atoms with E-state index in [2.05, 4.69) is 0 Å². The number of nitro groups is 1. The first kappa shape index (κ1) is 23.2. The standard InChI is InChI=1S/C22H24FNO6S/c1-3-30-21(25)11-15-10-18(4-5-20(15)24(26)27)31-19-13-16(12-17(23)14-19)22(28-2)6-8-29-9-7-22/h4-5,10,12-14H,3,6-9,11H2,1-2H3. The van der Waals surface area contributed by atoms with Gasteiger partial charge in [-0.25, -0.2) is 4.39 Å². The molecule has 1 fully saturated rings. The van der Waals surface area contributed by atoms with Crippen molar-refractivity contribution in [2.45, 2.75) is 41.6 Å². The first-order valence-electron chi connectivity index (χ1n) is 9.91. The van der Waals surface area contributed by atoms with Gasteiger partial charge in [-0.1, -0.05) is 11.8 Å². The molecule has 2 aromatic rings. The molecule has 7 nitrogen and oxygen atoms in total. The van der Waals surface area contributed by atoms with Crippen LogP contribution in [0.15, 0.2) is 46.2 Å². The third-order valence-electron chi connectivity index (χ3n) is 5.21. The van der Waals surface area contributed by atoms with E-state index in [1.807, 2.05) is 6.07 Å². The number of hydrogen-bond acceptors (Lipinski definition) is 7. The van der Waals surface area contributed by atoms with Gasteiger partial charge in [0.15, 0.2) is 0 Å². The molecule has 1 aliphatic heterocycles. The molecule has 0 radical (unpaired) electrons. The van der Waals surface area contributed by atoms with Crippen molar-refractivity contribution in [3.05, 3.63) is 63.5 Å². The molecular formula is C22H24FNO6S. The summed E-state index contributed by atoms with van der Waals surface area (Å²) < 4.78 is 30.6. The Morgan fingerprint density at radius 2 is 1.97 bits per heavy atom. The number of carbonyl (C=O) groups excluding carboxylic acids is 1. The van der Waals surface area contributed by atoms with E-state index in [9.17, 15) is 19.3 Å². The number of rotatable bonds is 8. The summed E-state index contributed by atoms with van der Waals surface area (Å²) in [6, 6.07) is 9.26. The number of ether oxygens (including phenoxy) is 3. The topological polar surface area (TPSA) is 87.9 Å². The summed E-state index contributed by atoms with van der Waals surface area (Å²) in [6.45, 7) is 2.93. The maximum Gasteiger partial charge on any atom is 0.310 e. The molecule has 9 heteroatoms. The summed E-state index contributed by atoms with van der Waals surface area (Å²) in [6.07, 6.45) is 1.04. The number of benzene rings is 2. The van der Waals surface area contributed by atoms with Crippen LogP contribution in [-0.2, 0) is 31.0 Å². The van der Waals surface area contributed by atoms with Crippen LogP contribution in [0.3, 0.4) is 0 Å². The maximum absolute atomic E-state index is 14.4. The molecule has 166 valence electrons. The van der Waals surface area contributed by atoms with Gasteiger partial charge < -0.3 is 14.2 Å². The van der Waals surface area contributed by atoms with Gasteiger partial charge in [-0.15, -0.1) is 0 Å². The zero-order valence-electron chi connectivity index (χ0n) is 17.4. The van der Waals surface area contributed by atoms with Gasteiger partial charge in [0.2, 0.25) is 0 Å². The molecular weight excluding hydrogens is 425 g/mol. The zero-order valence-corrected chi connectivity index (χ0v) is 18.2. The summed E-state index contributed by atoms with van der Waals surface area (Å²) in [4.78, 5) is 24.0. The highest BCUT2D eigenvalue weighted by atomic mass is 32.2. The fraction of sp³-hybridized carbons (Fsp3) is 0.409. The van der Waals surface area contributed by atoms with Crippen LogP contribution in [0, 0.1) is 15.9 Å². The average molecular weight is 450 g/mol. The van der Waals surface area contributed by atoms with Crippen LogP contribution in [0.2, 0.25) is 0 Å². The van der Waals surface area contributed by atoms with E-state index in [1.165, 1.54) is 30.0 Å². The summed E-state index contributed by atoms with van der Waals surface area (Å²) in [7, 11) is 1.61. The molecule has 0 amide bonds. The van der Waals surface area contributed by atoms with E-state index in [0.29, 0.717) is 35.8 Å². The summed E-state index contributed by atoms with van der Waals surface area (Å²) in [5, 5.41) is 11.3. The minimum atomic E-state index is -0.611. The lowest BCUT2D eigenvalue weighted by Gasteiger charge is -2.36. The largest absolute Gasteiger partial charge is 0.466 e. The Hall–Kier alpha value is -2.49. The van der Waals surface area contributed by atoms with Gasteiger partial charge in [-0.2, -0.15) is 0 Å². The lowest BCUT2D eigenvalue weighted by Crippen LogP contribution is -2.35. The number of halogens is 1. The Bertz CT molecular complexity index is 961. The van der Waals surface area contributed by atoms with Crippen LogP contribution < -0.4 is 0 Å². The van der Waals surface area contributed by atoms with E-state index < -0.39 is 22.3 Å². The normalized spacial score (nSPS) is 15.5. The van der Waals surface area contributed by atoms with Crippen LogP contribution >= 0.6 is 11.8 Å². The number of methoxy groups -OCH3 is 1. The molecule has 31 heavy (non-hydrogen) atoms. The molecule has 0 atom stereocenters.